The van der Waals surface area contributed by atoms with Crippen LogP contribution in [0, 0.1) is 0 Å². The first-order chi connectivity index (χ1) is 5.25. The predicted molar refractivity (Wildman–Crippen MR) is 46.0 cm³/mol. The van der Waals surface area contributed by atoms with Crippen molar-refractivity contribution in [3.05, 3.63) is 36.8 Å². The molecule has 1 saturated heterocycles. The maximum atomic E-state index is 5.26. The van der Waals surface area contributed by atoms with Gasteiger partial charge in [0.15, 0.2) is 0 Å². The molecule has 1 fully saturated rings. The molecule has 2 nitrogen and oxygen atoms in total. The molecule has 2 heteroatoms. The Hall–Kier alpha value is -1.18. The van der Waals surface area contributed by atoms with Crippen LogP contribution in [0.5, 0.6) is 0 Å². The van der Waals surface area contributed by atoms with Crippen LogP contribution >= 0.6 is 0 Å². The van der Waals surface area contributed by atoms with E-state index in [0.29, 0.717) is 0 Å². The fraction of sp³-hybridized carbons (Fsp3) is 0.333. The van der Waals surface area contributed by atoms with Gasteiger partial charge in [-0.2, -0.15) is 0 Å². The van der Waals surface area contributed by atoms with E-state index >= 15 is 0 Å². The molecule has 60 valence electrons. The van der Waals surface area contributed by atoms with E-state index in [1.54, 1.807) is 6.08 Å². The Morgan fingerprint density at radius 2 is 2.36 bits per heavy atom. The second kappa shape index (κ2) is 3.28. The summed E-state index contributed by atoms with van der Waals surface area (Å²) in [6, 6.07) is 0. The van der Waals surface area contributed by atoms with Gasteiger partial charge in [0.25, 0.3) is 0 Å². The van der Waals surface area contributed by atoms with Crippen molar-refractivity contribution in [3.8, 4) is 0 Å². The van der Waals surface area contributed by atoms with Crippen molar-refractivity contribution in [3.63, 3.8) is 0 Å². The van der Waals surface area contributed by atoms with Crippen LogP contribution < -0.4 is 0 Å². The lowest BCUT2D eigenvalue weighted by Crippen LogP contribution is -2.29. The van der Waals surface area contributed by atoms with Crippen LogP contribution in [0.15, 0.2) is 36.8 Å². The highest BCUT2D eigenvalue weighted by molar-refractivity contribution is 5.26. The number of hydrogen-bond acceptors (Lipinski definition) is 2. The van der Waals surface area contributed by atoms with Gasteiger partial charge in [-0.3, -0.25) is 0 Å². The minimum Gasteiger partial charge on any atom is -0.490 e. The van der Waals surface area contributed by atoms with Crippen molar-refractivity contribution in [1.29, 1.82) is 0 Å². The van der Waals surface area contributed by atoms with Gasteiger partial charge in [-0.1, -0.05) is 19.2 Å². The number of morpholine rings is 1. The highest BCUT2D eigenvalue weighted by Crippen LogP contribution is 2.17. The molecule has 1 aliphatic heterocycles. The number of ether oxygens (including phenoxy) is 1. The molecule has 11 heavy (non-hydrogen) atoms. The standard InChI is InChI=1S/C9H13NO/c1-4-5-9-8(2)11-7-6-10(9)3/h4-5H,1-2,6-7H2,3H3/b9-5+. The average Bonchev–Trinajstić information content (AvgIpc) is 1.97. The highest BCUT2D eigenvalue weighted by Gasteiger charge is 2.14. The number of hydrogen-bond donors (Lipinski definition) is 0. The first-order valence-corrected chi connectivity index (χ1v) is 3.61. The zero-order valence-electron chi connectivity index (χ0n) is 6.84. The Morgan fingerprint density at radius 1 is 1.64 bits per heavy atom. The first-order valence-electron chi connectivity index (χ1n) is 3.61. The quantitative estimate of drug-likeness (QED) is 0.563. The summed E-state index contributed by atoms with van der Waals surface area (Å²) in [6.07, 6.45) is 3.65. The third-order valence-electron chi connectivity index (χ3n) is 1.68. The molecule has 0 radical (unpaired) electrons. The Kier molecular flexibility index (Phi) is 2.36. The molecule has 0 aromatic rings. The van der Waals surface area contributed by atoms with Crippen LogP contribution in [-0.4, -0.2) is 25.1 Å². The third kappa shape index (κ3) is 1.64. The molecule has 0 atom stereocenters. The van der Waals surface area contributed by atoms with Crippen molar-refractivity contribution in [1.82, 2.24) is 4.90 Å². The van der Waals surface area contributed by atoms with Crippen molar-refractivity contribution in [2.45, 2.75) is 0 Å². The Labute approximate surface area is 67.5 Å². The largest absolute Gasteiger partial charge is 0.490 e. The summed E-state index contributed by atoms with van der Waals surface area (Å²) in [5.74, 6) is 0.735. The zero-order chi connectivity index (χ0) is 8.27. The van der Waals surface area contributed by atoms with Gasteiger partial charge in [-0.15, -0.1) is 0 Å². The highest BCUT2D eigenvalue weighted by atomic mass is 16.5. The molecule has 0 bridgehead atoms. The number of likely N-dealkylation sites (N-methyl/N-ethyl adjacent to an activating group) is 1. The first kappa shape index (κ1) is 7.92. The summed E-state index contributed by atoms with van der Waals surface area (Å²) in [4.78, 5) is 2.10. The average molecular weight is 151 g/mol. The minimum absolute atomic E-state index is 0.726. The molecule has 0 amide bonds. The van der Waals surface area contributed by atoms with Crippen LogP contribution in [0.25, 0.3) is 0 Å². The Balaban J connectivity index is 2.78. The molecule has 1 aliphatic rings. The summed E-state index contributed by atoms with van der Waals surface area (Å²) in [5, 5.41) is 0. The number of allylic oxidation sites excluding steroid dienone is 2. The molecule has 1 rings (SSSR count). The van der Waals surface area contributed by atoms with E-state index in [4.69, 9.17) is 4.74 Å². The SMILES string of the molecule is C=C/C=C1\C(=C)OCCN1C. The summed E-state index contributed by atoms with van der Waals surface area (Å²) in [5.41, 5.74) is 1.02. The zero-order valence-corrected chi connectivity index (χ0v) is 6.84. The van der Waals surface area contributed by atoms with Crippen LogP contribution in [-0.2, 0) is 4.74 Å². The van der Waals surface area contributed by atoms with Gasteiger partial charge < -0.3 is 9.64 Å². The minimum atomic E-state index is 0.726. The van der Waals surface area contributed by atoms with Gasteiger partial charge in [-0.05, 0) is 6.08 Å². The number of nitrogens with zero attached hydrogens (tertiary/aromatic N) is 1. The summed E-state index contributed by atoms with van der Waals surface area (Å²) >= 11 is 0. The smallest absolute Gasteiger partial charge is 0.135 e. The van der Waals surface area contributed by atoms with Gasteiger partial charge >= 0.3 is 0 Å². The van der Waals surface area contributed by atoms with E-state index in [0.717, 1.165) is 24.6 Å². The van der Waals surface area contributed by atoms with E-state index in [9.17, 15) is 0 Å². The van der Waals surface area contributed by atoms with E-state index in [1.165, 1.54) is 0 Å². The predicted octanol–water partition coefficient (Wildman–Crippen LogP) is 1.53. The van der Waals surface area contributed by atoms with E-state index in [1.807, 2.05) is 13.1 Å². The topological polar surface area (TPSA) is 12.5 Å². The molecule has 0 aromatic carbocycles. The van der Waals surface area contributed by atoms with Crippen molar-refractivity contribution in [2.24, 2.45) is 0 Å². The Bertz CT molecular complexity index is 206. The van der Waals surface area contributed by atoms with Crippen LogP contribution in [0.3, 0.4) is 0 Å². The van der Waals surface area contributed by atoms with Gasteiger partial charge in [0, 0.05) is 7.05 Å². The number of rotatable bonds is 1. The lowest BCUT2D eigenvalue weighted by molar-refractivity contribution is 0.143. The lowest BCUT2D eigenvalue weighted by atomic mass is 10.3. The second-order valence-corrected chi connectivity index (χ2v) is 2.48. The maximum Gasteiger partial charge on any atom is 0.135 e. The van der Waals surface area contributed by atoms with Crippen LogP contribution in [0.2, 0.25) is 0 Å². The second-order valence-electron chi connectivity index (χ2n) is 2.48. The fourth-order valence-electron chi connectivity index (χ4n) is 1.04. The maximum absolute atomic E-state index is 5.26. The van der Waals surface area contributed by atoms with Crippen molar-refractivity contribution >= 4 is 0 Å². The van der Waals surface area contributed by atoms with E-state index in [-0.39, 0.29) is 0 Å². The van der Waals surface area contributed by atoms with Crippen molar-refractivity contribution < 1.29 is 4.74 Å². The molecular weight excluding hydrogens is 138 g/mol. The van der Waals surface area contributed by atoms with Gasteiger partial charge in [0.1, 0.15) is 12.4 Å². The van der Waals surface area contributed by atoms with Gasteiger partial charge in [0.05, 0.1) is 12.2 Å². The fourth-order valence-corrected chi connectivity index (χ4v) is 1.04. The summed E-state index contributed by atoms with van der Waals surface area (Å²) in [7, 11) is 2.02. The molecule has 0 saturated carbocycles. The van der Waals surface area contributed by atoms with E-state index in [2.05, 4.69) is 18.1 Å². The Morgan fingerprint density at radius 3 is 2.91 bits per heavy atom. The van der Waals surface area contributed by atoms with Crippen LogP contribution in [0.4, 0.5) is 0 Å². The van der Waals surface area contributed by atoms with E-state index < -0.39 is 0 Å². The molecule has 0 N–H and O–H groups in total. The normalized spacial score (nSPS) is 21.7. The molecule has 0 unspecified atom stereocenters. The van der Waals surface area contributed by atoms with Gasteiger partial charge in [0.2, 0.25) is 0 Å². The molecule has 0 aliphatic carbocycles. The van der Waals surface area contributed by atoms with Gasteiger partial charge in [-0.25, -0.2) is 0 Å². The van der Waals surface area contributed by atoms with Crippen molar-refractivity contribution in [2.75, 3.05) is 20.2 Å². The molecular formula is C9H13NO. The summed E-state index contributed by atoms with van der Waals surface area (Å²) < 4.78 is 5.26. The monoisotopic (exact) mass is 151 g/mol. The molecule has 0 spiro atoms. The lowest BCUT2D eigenvalue weighted by Gasteiger charge is -2.29. The third-order valence-corrected chi connectivity index (χ3v) is 1.68. The summed E-state index contributed by atoms with van der Waals surface area (Å²) in [6.45, 7) is 9.05. The molecule has 0 aromatic heterocycles. The molecule has 1 heterocycles. The van der Waals surface area contributed by atoms with Crippen LogP contribution in [0.1, 0.15) is 0 Å².